The molecule has 2 aromatic rings. The molecule has 124 valence electrons. The Kier molecular flexibility index (Phi) is 6.07. The van der Waals surface area contributed by atoms with Gasteiger partial charge in [0.25, 0.3) is 0 Å². The van der Waals surface area contributed by atoms with Gasteiger partial charge in [-0.25, -0.2) is 0 Å². The van der Waals surface area contributed by atoms with Crippen LogP contribution in [-0.2, 0) is 16.1 Å². The molecule has 0 radical (unpaired) electrons. The molecular formula is C19H18INO3. The molecule has 1 atom stereocenters. The maximum absolute atomic E-state index is 9.16. The van der Waals surface area contributed by atoms with Gasteiger partial charge in [0.1, 0.15) is 17.6 Å². The predicted molar refractivity (Wildman–Crippen MR) is 98.8 cm³/mol. The van der Waals surface area contributed by atoms with Crippen LogP contribution in [0, 0.1) is 14.9 Å². The summed E-state index contributed by atoms with van der Waals surface area (Å²) in [6.45, 7) is 1.26. The normalized spacial score (nSPS) is 17.2. The second-order valence-electron chi connectivity index (χ2n) is 5.57. The van der Waals surface area contributed by atoms with Gasteiger partial charge in [-0.3, -0.25) is 0 Å². The third-order valence-corrected chi connectivity index (χ3v) is 4.87. The molecule has 1 heterocycles. The van der Waals surface area contributed by atoms with Crippen molar-refractivity contribution in [3.05, 3.63) is 57.2 Å². The van der Waals surface area contributed by atoms with Gasteiger partial charge in [-0.15, -0.1) is 0 Å². The van der Waals surface area contributed by atoms with Gasteiger partial charge in [-0.1, -0.05) is 12.1 Å². The standard InChI is InChI=1S/C19H18INO3/c20-17-9-8-16(24-18-6-2-1-5-14(18)12-21)11-15(17)13-23-19-7-3-4-10-22-19/h1-2,5-6,8-9,11,19H,3-4,7,10,13H2. The SMILES string of the molecule is N#Cc1ccccc1Oc1ccc(I)c(COC2CCCCO2)c1. The zero-order chi connectivity index (χ0) is 16.8. The predicted octanol–water partition coefficient (Wildman–Crippen LogP) is 5.00. The molecule has 0 amide bonds. The Labute approximate surface area is 155 Å². The molecule has 1 fully saturated rings. The van der Waals surface area contributed by atoms with Crippen molar-refractivity contribution in [2.45, 2.75) is 32.2 Å². The van der Waals surface area contributed by atoms with Crippen LogP contribution < -0.4 is 4.74 Å². The molecule has 1 aliphatic rings. The first-order valence-corrected chi connectivity index (χ1v) is 9.03. The first-order valence-electron chi connectivity index (χ1n) is 7.95. The minimum absolute atomic E-state index is 0.113. The lowest BCUT2D eigenvalue weighted by atomic mass is 10.2. The lowest BCUT2D eigenvalue weighted by Crippen LogP contribution is -2.22. The van der Waals surface area contributed by atoms with Gasteiger partial charge in [-0.05, 0) is 77.7 Å². The third kappa shape index (κ3) is 4.47. The molecule has 1 aliphatic heterocycles. The number of hydrogen-bond donors (Lipinski definition) is 0. The van der Waals surface area contributed by atoms with E-state index in [9.17, 15) is 0 Å². The topological polar surface area (TPSA) is 51.5 Å². The number of para-hydroxylation sites is 1. The lowest BCUT2D eigenvalue weighted by Gasteiger charge is -2.23. The van der Waals surface area contributed by atoms with Gasteiger partial charge in [0.05, 0.1) is 12.2 Å². The van der Waals surface area contributed by atoms with E-state index in [1.807, 2.05) is 30.3 Å². The zero-order valence-electron chi connectivity index (χ0n) is 13.2. The van der Waals surface area contributed by atoms with E-state index in [0.717, 1.165) is 35.0 Å². The lowest BCUT2D eigenvalue weighted by molar-refractivity contribution is -0.169. The average Bonchev–Trinajstić information content (AvgIpc) is 2.63. The minimum atomic E-state index is -0.113. The Balaban J connectivity index is 1.70. The molecule has 4 nitrogen and oxygen atoms in total. The first-order chi connectivity index (χ1) is 11.8. The monoisotopic (exact) mass is 435 g/mol. The highest BCUT2D eigenvalue weighted by molar-refractivity contribution is 14.1. The summed E-state index contributed by atoms with van der Waals surface area (Å²) in [6, 6.07) is 15.2. The number of halogens is 1. The van der Waals surface area contributed by atoms with Crippen molar-refractivity contribution in [3.63, 3.8) is 0 Å². The molecule has 0 aliphatic carbocycles. The molecule has 0 N–H and O–H groups in total. The Morgan fingerprint density at radius 1 is 1.21 bits per heavy atom. The van der Waals surface area contributed by atoms with Gasteiger partial charge in [0.15, 0.2) is 6.29 Å². The Morgan fingerprint density at radius 2 is 2.08 bits per heavy atom. The third-order valence-electron chi connectivity index (χ3n) is 3.82. The second-order valence-corrected chi connectivity index (χ2v) is 6.73. The van der Waals surface area contributed by atoms with Crippen LogP contribution in [0.1, 0.15) is 30.4 Å². The van der Waals surface area contributed by atoms with Crippen molar-refractivity contribution in [1.82, 2.24) is 0 Å². The molecule has 3 rings (SSSR count). The van der Waals surface area contributed by atoms with E-state index in [-0.39, 0.29) is 6.29 Å². The van der Waals surface area contributed by atoms with Crippen molar-refractivity contribution < 1.29 is 14.2 Å². The molecule has 0 saturated carbocycles. The van der Waals surface area contributed by atoms with E-state index >= 15 is 0 Å². The van der Waals surface area contributed by atoms with Crippen LogP contribution in [0.25, 0.3) is 0 Å². The van der Waals surface area contributed by atoms with E-state index in [4.69, 9.17) is 19.5 Å². The van der Waals surface area contributed by atoms with E-state index < -0.39 is 0 Å². The van der Waals surface area contributed by atoms with Crippen molar-refractivity contribution in [2.24, 2.45) is 0 Å². The molecule has 2 aromatic carbocycles. The Bertz CT molecular complexity index is 736. The summed E-state index contributed by atoms with van der Waals surface area (Å²) in [5.74, 6) is 1.25. The maximum atomic E-state index is 9.16. The van der Waals surface area contributed by atoms with Gasteiger partial charge in [0, 0.05) is 10.2 Å². The highest BCUT2D eigenvalue weighted by atomic mass is 127. The summed E-state index contributed by atoms with van der Waals surface area (Å²) >= 11 is 2.29. The van der Waals surface area contributed by atoms with E-state index in [1.165, 1.54) is 0 Å². The van der Waals surface area contributed by atoms with Crippen molar-refractivity contribution in [3.8, 4) is 17.6 Å². The quantitative estimate of drug-likeness (QED) is 0.621. The van der Waals surface area contributed by atoms with Crippen LogP contribution in [0.5, 0.6) is 11.5 Å². The molecular weight excluding hydrogens is 417 g/mol. The number of rotatable bonds is 5. The highest BCUT2D eigenvalue weighted by Crippen LogP contribution is 2.28. The fourth-order valence-corrected chi connectivity index (χ4v) is 3.02. The molecule has 0 aromatic heterocycles. The Hall–Kier alpha value is -1.62. The van der Waals surface area contributed by atoms with Crippen molar-refractivity contribution >= 4 is 22.6 Å². The summed E-state index contributed by atoms with van der Waals surface area (Å²) in [4.78, 5) is 0. The minimum Gasteiger partial charge on any atom is -0.456 e. The van der Waals surface area contributed by atoms with Gasteiger partial charge >= 0.3 is 0 Å². The van der Waals surface area contributed by atoms with Gasteiger partial charge in [0.2, 0.25) is 0 Å². The van der Waals surface area contributed by atoms with Gasteiger partial charge in [-0.2, -0.15) is 5.26 Å². The van der Waals surface area contributed by atoms with Crippen LogP contribution in [0.4, 0.5) is 0 Å². The zero-order valence-corrected chi connectivity index (χ0v) is 15.4. The molecule has 0 bridgehead atoms. The van der Waals surface area contributed by atoms with Crippen molar-refractivity contribution in [2.75, 3.05) is 6.61 Å². The summed E-state index contributed by atoms with van der Waals surface area (Å²) in [5.41, 5.74) is 1.57. The first kappa shape index (κ1) is 17.2. The highest BCUT2D eigenvalue weighted by Gasteiger charge is 2.15. The summed E-state index contributed by atoms with van der Waals surface area (Å²) in [7, 11) is 0. The summed E-state index contributed by atoms with van der Waals surface area (Å²) in [5, 5.41) is 9.16. The van der Waals surface area contributed by atoms with Crippen molar-refractivity contribution in [1.29, 1.82) is 5.26 Å². The second kappa shape index (κ2) is 8.47. The fraction of sp³-hybridized carbons (Fsp3) is 0.316. The van der Waals surface area contributed by atoms with E-state index in [1.54, 1.807) is 12.1 Å². The molecule has 0 spiro atoms. The number of nitriles is 1. The smallest absolute Gasteiger partial charge is 0.158 e. The number of hydrogen-bond acceptors (Lipinski definition) is 4. The van der Waals surface area contributed by atoms with Crippen LogP contribution in [-0.4, -0.2) is 12.9 Å². The van der Waals surface area contributed by atoms with Crippen LogP contribution in [0.3, 0.4) is 0 Å². The number of nitrogens with zero attached hydrogens (tertiary/aromatic N) is 1. The number of benzene rings is 2. The van der Waals surface area contributed by atoms with Crippen LogP contribution in [0.2, 0.25) is 0 Å². The van der Waals surface area contributed by atoms with Crippen LogP contribution in [0.15, 0.2) is 42.5 Å². The van der Waals surface area contributed by atoms with E-state index in [0.29, 0.717) is 23.7 Å². The largest absolute Gasteiger partial charge is 0.456 e. The number of ether oxygens (including phenoxy) is 3. The molecule has 24 heavy (non-hydrogen) atoms. The molecule has 5 heteroatoms. The van der Waals surface area contributed by atoms with E-state index in [2.05, 4.69) is 28.7 Å². The van der Waals surface area contributed by atoms with Gasteiger partial charge < -0.3 is 14.2 Å². The Morgan fingerprint density at radius 3 is 2.88 bits per heavy atom. The fourth-order valence-electron chi connectivity index (χ4n) is 2.53. The molecule has 1 unspecified atom stereocenters. The molecule has 1 saturated heterocycles. The summed E-state index contributed by atoms with van der Waals surface area (Å²) in [6.07, 6.45) is 3.09. The summed E-state index contributed by atoms with van der Waals surface area (Å²) < 4.78 is 18.5. The van der Waals surface area contributed by atoms with Crippen LogP contribution >= 0.6 is 22.6 Å². The maximum Gasteiger partial charge on any atom is 0.158 e. The average molecular weight is 435 g/mol.